The lowest BCUT2D eigenvalue weighted by molar-refractivity contribution is 0.460. The Morgan fingerprint density at radius 1 is 1.00 bits per heavy atom. The van der Waals surface area contributed by atoms with Gasteiger partial charge in [-0.2, -0.15) is 5.10 Å². The van der Waals surface area contributed by atoms with Crippen molar-refractivity contribution in [3.8, 4) is 21.8 Å². The fraction of sp³-hybridized carbons (Fsp3) is 0.217. The Kier molecular flexibility index (Phi) is 3.99. The van der Waals surface area contributed by atoms with Crippen molar-refractivity contribution in [2.24, 2.45) is 0 Å². The molecule has 5 aromatic rings. The van der Waals surface area contributed by atoms with Gasteiger partial charge in [-0.15, -0.1) is 11.3 Å². The summed E-state index contributed by atoms with van der Waals surface area (Å²) in [6.07, 6.45) is 4.33. The molecule has 0 spiro atoms. The standard InChI is InChI=1S/C23H21N5S/c1-3-16(21-5-2-10-29-21)17-12-20(26-19(17)4-1)22-18-11-15(13-25-23(18)28-27-22)14-6-8-24-9-7-14/h1-5,10-14,24,26H,6-9H2,(H,25,27,28). The summed E-state index contributed by atoms with van der Waals surface area (Å²) in [5.74, 6) is 0.573. The van der Waals surface area contributed by atoms with Gasteiger partial charge >= 0.3 is 0 Å². The van der Waals surface area contributed by atoms with Gasteiger partial charge < -0.3 is 10.3 Å². The van der Waals surface area contributed by atoms with Crippen LogP contribution in [0.3, 0.4) is 0 Å². The summed E-state index contributed by atoms with van der Waals surface area (Å²) in [5.41, 5.74) is 6.55. The molecule has 1 aromatic carbocycles. The molecule has 0 aliphatic carbocycles. The minimum Gasteiger partial charge on any atom is -0.353 e. The number of thiophene rings is 1. The fourth-order valence-electron chi connectivity index (χ4n) is 4.44. The highest BCUT2D eigenvalue weighted by Gasteiger charge is 2.19. The van der Waals surface area contributed by atoms with Crippen LogP contribution in [0.1, 0.15) is 24.3 Å². The van der Waals surface area contributed by atoms with E-state index in [0.717, 1.165) is 53.9 Å². The predicted molar refractivity (Wildman–Crippen MR) is 119 cm³/mol. The van der Waals surface area contributed by atoms with Gasteiger partial charge in [-0.25, -0.2) is 4.98 Å². The normalized spacial score (nSPS) is 15.4. The van der Waals surface area contributed by atoms with Crippen LogP contribution in [0.15, 0.2) is 54.0 Å². The van der Waals surface area contributed by atoms with Gasteiger partial charge in [0.15, 0.2) is 5.65 Å². The van der Waals surface area contributed by atoms with Crippen molar-refractivity contribution in [3.05, 3.63) is 59.6 Å². The van der Waals surface area contributed by atoms with Crippen molar-refractivity contribution in [3.63, 3.8) is 0 Å². The molecule has 3 N–H and O–H groups in total. The number of H-pyrrole nitrogens is 2. The molecule has 5 nitrogen and oxygen atoms in total. The van der Waals surface area contributed by atoms with E-state index in [4.69, 9.17) is 0 Å². The van der Waals surface area contributed by atoms with Crippen molar-refractivity contribution in [1.29, 1.82) is 0 Å². The maximum atomic E-state index is 4.64. The Balaban J connectivity index is 1.48. The quantitative estimate of drug-likeness (QED) is 0.385. The zero-order valence-electron chi connectivity index (χ0n) is 15.9. The Hall–Kier alpha value is -2.96. The number of aromatic amines is 2. The smallest absolute Gasteiger partial charge is 0.181 e. The van der Waals surface area contributed by atoms with Gasteiger partial charge in [0.1, 0.15) is 0 Å². The number of nitrogens with one attached hydrogen (secondary N) is 3. The fourth-order valence-corrected chi connectivity index (χ4v) is 5.20. The van der Waals surface area contributed by atoms with Gasteiger partial charge in [0.25, 0.3) is 0 Å². The number of piperidine rings is 1. The molecule has 0 bridgehead atoms. The summed E-state index contributed by atoms with van der Waals surface area (Å²) in [6, 6.07) is 15.2. The van der Waals surface area contributed by atoms with Gasteiger partial charge in [-0.05, 0) is 67.1 Å². The highest BCUT2D eigenvalue weighted by molar-refractivity contribution is 7.13. The van der Waals surface area contributed by atoms with E-state index in [0.29, 0.717) is 5.92 Å². The number of pyridine rings is 1. The van der Waals surface area contributed by atoms with Crippen LogP contribution in [0, 0.1) is 0 Å². The second kappa shape index (κ2) is 6.83. The van der Waals surface area contributed by atoms with Crippen molar-refractivity contribution >= 4 is 33.3 Å². The predicted octanol–water partition coefficient (Wildman–Crippen LogP) is 5.30. The molecule has 0 saturated carbocycles. The third-order valence-electron chi connectivity index (χ3n) is 5.96. The van der Waals surface area contributed by atoms with E-state index in [9.17, 15) is 0 Å². The summed E-state index contributed by atoms with van der Waals surface area (Å²) in [7, 11) is 0. The molecule has 0 atom stereocenters. The zero-order chi connectivity index (χ0) is 19.2. The summed E-state index contributed by atoms with van der Waals surface area (Å²) in [4.78, 5) is 9.51. The van der Waals surface area contributed by atoms with Gasteiger partial charge in [-0.1, -0.05) is 18.2 Å². The first-order chi connectivity index (χ1) is 14.4. The van der Waals surface area contributed by atoms with E-state index >= 15 is 0 Å². The summed E-state index contributed by atoms with van der Waals surface area (Å²) >= 11 is 1.77. The summed E-state index contributed by atoms with van der Waals surface area (Å²) < 4.78 is 0. The van der Waals surface area contributed by atoms with E-state index in [1.54, 1.807) is 11.3 Å². The number of aromatic nitrogens is 4. The van der Waals surface area contributed by atoms with Crippen molar-refractivity contribution in [2.75, 3.05) is 13.1 Å². The maximum Gasteiger partial charge on any atom is 0.181 e. The molecule has 1 aliphatic heterocycles. The molecule has 6 heteroatoms. The van der Waals surface area contributed by atoms with E-state index < -0.39 is 0 Å². The highest BCUT2D eigenvalue weighted by Crippen LogP contribution is 2.36. The van der Waals surface area contributed by atoms with Crippen LogP contribution in [0.5, 0.6) is 0 Å². The Labute approximate surface area is 172 Å². The van der Waals surface area contributed by atoms with Gasteiger partial charge in [0, 0.05) is 32.9 Å². The first-order valence-electron chi connectivity index (χ1n) is 10.1. The van der Waals surface area contributed by atoms with E-state index in [2.05, 4.69) is 73.3 Å². The Morgan fingerprint density at radius 3 is 2.79 bits per heavy atom. The number of hydrogen-bond acceptors (Lipinski definition) is 4. The van der Waals surface area contributed by atoms with Crippen LogP contribution < -0.4 is 5.32 Å². The van der Waals surface area contributed by atoms with Crippen LogP contribution >= 0.6 is 11.3 Å². The Bertz CT molecular complexity index is 1290. The molecule has 29 heavy (non-hydrogen) atoms. The first kappa shape index (κ1) is 16.9. The SMILES string of the molecule is c1csc(-c2cccc3[nH]c(-c4[nH]nc5ncc(C6CCNCC6)cc45)cc23)c1. The van der Waals surface area contributed by atoms with Crippen molar-refractivity contribution in [2.45, 2.75) is 18.8 Å². The van der Waals surface area contributed by atoms with Crippen LogP contribution in [0.2, 0.25) is 0 Å². The first-order valence-corrected chi connectivity index (χ1v) is 11.0. The molecular weight excluding hydrogens is 378 g/mol. The van der Waals surface area contributed by atoms with E-state index in [-0.39, 0.29) is 0 Å². The highest BCUT2D eigenvalue weighted by atomic mass is 32.1. The number of nitrogens with zero attached hydrogens (tertiary/aromatic N) is 2. The molecular formula is C23H21N5S. The molecule has 1 saturated heterocycles. The molecule has 0 amide bonds. The zero-order valence-corrected chi connectivity index (χ0v) is 16.7. The number of benzene rings is 1. The van der Waals surface area contributed by atoms with Crippen LogP contribution in [-0.4, -0.2) is 33.3 Å². The molecule has 1 fully saturated rings. The second-order valence-electron chi connectivity index (χ2n) is 7.69. The van der Waals surface area contributed by atoms with E-state index in [1.165, 1.54) is 21.4 Å². The minimum atomic E-state index is 0.573. The van der Waals surface area contributed by atoms with Crippen LogP contribution in [-0.2, 0) is 0 Å². The Morgan fingerprint density at radius 2 is 1.93 bits per heavy atom. The maximum absolute atomic E-state index is 4.64. The minimum absolute atomic E-state index is 0.573. The third kappa shape index (κ3) is 2.87. The lowest BCUT2D eigenvalue weighted by Gasteiger charge is -2.22. The monoisotopic (exact) mass is 399 g/mol. The number of hydrogen-bond donors (Lipinski definition) is 3. The summed E-state index contributed by atoms with van der Waals surface area (Å²) in [6.45, 7) is 2.16. The lowest BCUT2D eigenvalue weighted by Crippen LogP contribution is -2.26. The number of fused-ring (bicyclic) bond motifs is 2. The average molecular weight is 400 g/mol. The average Bonchev–Trinajstić information content (AvgIpc) is 3.52. The van der Waals surface area contributed by atoms with Crippen molar-refractivity contribution < 1.29 is 0 Å². The molecule has 1 aliphatic rings. The van der Waals surface area contributed by atoms with Gasteiger partial charge in [0.2, 0.25) is 0 Å². The largest absolute Gasteiger partial charge is 0.353 e. The lowest BCUT2D eigenvalue weighted by atomic mass is 9.91. The topological polar surface area (TPSA) is 69.4 Å². The van der Waals surface area contributed by atoms with Crippen LogP contribution in [0.4, 0.5) is 0 Å². The van der Waals surface area contributed by atoms with Gasteiger partial charge in [-0.3, -0.25) is 5.10 Å². The molecule has 0 radical (unpaired) electrons. The van der Waals surface area contributed by atoms with Crippen molar-refractivity contribution in [1.82, 2.24) is 25.5 Å². The molecule has 4 aromatic heterocycles. The van der Waals surface area contributed by atoms with Crippen LogP contribution in [0.25, 0.3) is 43.8 Å². The molecule has 6 rings (SSSR count). The van der Waals surface area contributed by atoms with E-state index in [1.807, 2.05) is 6.20 Å². The molecule has 5 heterocycles. The second-order valence-corrected chi connectivity index (χ2v) is 8.64. The third-order valence-corrected chi connectivity index (χ3v) is 6.86. The molecule has 0 unspecified atom stereocenters. The molecule has 144 valence electrons. The van der Waals surface area contributed by atoms with Gasteiger partial charge in [0.05, 0.1) is 11.4 Å². The summed E-state index contributed by atoms with van der Waals surface area (Å²) in [5, 5.41) is 15.6. The number of rotatable bonds is 3.